The van der Waals surface area contributed by atoms with Gasteiger partial charge in [-0.3, -0.25) is 19.2 Å². The Bertz CT molecular complexity index is 1270. The normalized spacial score (nSPS) is 11.7. The van der Waals surface area contributed by atoms with Crippen LogP contribution in [0.5, 0.6) is 0 Å². The maximum atomic E-state index is 12.9. The molecule has 0 unspecified atom stereocenters. The van der Waals surface area contributed by atoms with Gasteiger partial charge in [0.15, 0.2) is 0 Å². The molecule has 0 saturated carbocycles. The number of anilines is 2. The number of nitrogens with zero attached hydrogens (tertiary/aromatic N) is 1. The lowest BCUT2D eigenvalue weighted by Gasteiger charge is -2.23. The molecule has 0 fully saturated rings. The van der Waals surface area contributed by atoms with E-state index in [9.17, 15) is 19.2 Å². The molecule has 0 bridgehead atoms. The predicted octanol–water partition coefficient (Wildman–Crippen LogP) is 14.6. The van der Waals surface area contributed by atoms with Crippen LogP contribution in [-0.2, 0) is 19.1 Å². The maximum absolute atomic E-state index is 12.9. The van der Waals surface area contributed by atoms with Gasteiger partial charge in [0.2, 0.25) is 0 Å². The van der Waals surface area contributed by atoms with E-state index in [0.717, 1.165) is 128 Å². The highest BCUT2D eigenvalue weighted by Crippen LogP contribution is 2.23. The minimum Gasteiger partial charge on any atom is -0.466 e. The van der Waals surface area contributed by atoms with E-state index >= 15 is 0 Å². The van der Waals surface area contributed by atoms with Crippen molar-refractivity contribution in [2.24, 2.45) is 5.92 Å². The minimum absolute atomic E-state index is 0.00265. The number of unbranched alkanes of at least 4 members (excludes halogenated alkanes) is 22. The zero-order valence-corrected chi connectivity index (χ0v) is 42.7. The first kappa shape index (κ1) is 59.6. The molecule has 0 amide bonds. The second-order valence-corrected chi connectivity index (χ2v) is 19.3. The Labute approximate surface area is 394 Å². The van der Waals surface area contributed by atoms with Gasteiger partial charge in [0.25, 0.3) is 10.9 Å². The second kappa shape index (κ2) is 43.2. The number of rotatable bonds is 49. The van der Waals surface area contributed by atoms with Crippen LogP contribution in [-0.4, -0.2) is 62.8 Å². The summed E-state index contributed by atoms with van der Waals surface area (Å²) in [5.74, 6) is 0.742. The van der Waals surface area contributed by atoms with Crippen LogP contribution in [0.15, 0.2) is 9.59 Å². The Hall–Kier alpha value is -2.42. The summed E-state index contributed by atoms with van der Waals surface area (Å²) in [4.78, 5) is 51.7. The third-order valence-electron chi connectivity index (χ3n) is 13.3. The van der Waals surface area contributed by atoms with Crippen LogP contribution in [0.25, 0.3) is 0 Å². The van der Waals surface area contributed by atoms with Crippen molar-refractivity contribution < 1.29 is 19.1 Å². The van der Waals surface area contributed by atoms with Crippen molar-refractivity contribution in [3.63, 3.8) is 0 Å². The zero-order chi connectivity index (χ0) is 46.7. The molecule has 0 aliphatic rings. The van der Waals surface area contributed by atoms with E-state index in [1.54, 1.807) is 7.05 Å². The summed E-state index contributed by atoms with van der Waals surface area (Å²) in [7, 11) is 1.67. The van der Waals surface area contributed by atoms with Crippen LogP contribution in [0.1, 0.15) is 265 Å². The third-order valence-corrected chi connectivity index (χ3v) is 13.3. The molecular weight excluding hydrogens is 799 g/mol. The molecule has 64 heavy (non-hydrogen) atoms. The average molecular weight is 902 g/mol. The summed E-state index contributed by atoms with van der Waals surface area (Å²) < 4.78 is 11.7. The van der Waals surface area contributed by atoms with Crippen LogP contribution in [0.4, 0.5) is 11.4 Å². The quantitative estimate of drug-likeness (QED) is 0.0375. The summed E-state index contributed by atoms with van der Waals surface area (Å²) in [5, 5.41) is 6.03. The Balaban J connectivity index is 2.40. The number of hydrogen-bond acceptors (Lipinski definition) is 9. The van der Waals surface area contributed by atoms with Gasteiger partial charge in [-0.05, 0) is 96.2 Å². The van der Waals surface area contributed by atoms with E-state index in [2.05, 4.69) is 43.2 Å². The van der Waals surface area contributed by atoms with Gasteiger partial charge in [0.05, 0.1) is 6.61 Å². The summed E-state index contributed by atoms with van der Waals surface area (Å²) in [6, 6.07) is 0. The van der Waals surface area contributed by atoms with E-state index in [4.69, 9.17) is 9.47 Å². The lowest BCUT2D eigenvalue weighted by atomic mass is 9.91. The van der Waals surface area contributed by atoms with E-state index in [0.29, 0.717) is 37.4 Å². The Morgan fingerprint density at radius 1 is 0.469 bits per heavy atom. The molecule has 0 radical (unpaired) electrons. The molecule has 0 aliphatic heterocycles. The smallest absolute Gasteiger partial charge is 0.306 e. The standard InChI is InChI=1S/C55H103N3O6/c1-6-10-14-16-20-28-39-49(40-29-21-17-15-11-7-2)64-51(60)42-31-23-19-25-33-45-58(46-35-43-57-53-52(56-5)54(61)55(53)62)44-32-24-18-22-30-41-50(59)63-47-34-38-48(36-26-12-8-3)37-27-13-9-4/h48-49,56-57H,6-47H2,1-5H3. The van der Waals surface area contributed by atoms with Crippen molar-refractivity contribution in [3.8, 4) is 0 Å². The first-order valence-electron chi connectivity index (χ1n) is 27.6. The molecule has 1 rings (SSSR count). The number of nitrogens with one attached hydrogen (secondary N) is 2. The number of ether oxygens (including phenoxy) is 2. The fourth-order valence-corrected chi connectivity index (χ4v) is 9.16. The molecule has 9 nitrogen and oxygen atoms in total. The molecule has 0 spiro atoms. The molecule has 9 heteroatoms. The van der Waals surface area contributed by atoms with Crippen LogP contribution in [0.3, 0.4) is 0 Å². The fourth-order valence-electron chi connectivity index (χ4n) is 9.16. The maximum Gasteiger partial charge on any atom is 0.306 e. The summed E-state index contributed by atoms with van der Waals surface area (Å²) >= 11 is 0. The number of carbonyl (C=O) groups excluding carboxylic acids is 2. The van der Waals surface area contributed by atoms with Gasteiger partial charge in [-0.15, -0.1) is 0 Å². The highest BCUT2D eigenvalue weighted by atomic mass is 16.5. The van der Waals surface area contributed by atoms with Crippen molar-refractivity contribution in [2.45, 2.75) is 271 Å². The molecule has 2 N–H and O–H groups in total. The lowest BCUT2D eigenvalue weighted by molar-refractivity contribution is -0.150. The van der Waals surface area contributed by atoms with Gasteiger partial charge < -0.3 is 25.0 Å². The van der Waals surface area contributed by atoms with Crippen LogP contribution in [0.2, 0.25) is 0 Å². The second-order valence-electron chi connectivity index (χ2n) is 19.3. The van der Waals surface area contributed by atoms with Gasteiger partial charge >= 0.3 is 11.9 Å². The Morgan fingerprint density at radius 3 is 1.41 bits per heavy atom. The monoisotopic (exact) mass is 902 g/mol. The molecule has 374 valence electrons. The van der Waals surface area contributed by atoms with Crippen LogP contribution in [0, 0.1) is 5.92 Å². The molecule has 1 aromatic rings. The number of carbonyl (C=O) groups is 2. The van der Waals surface area contributed by atoms with Gasteiger partial charge in [0.1, 0.15) is 17.5 Å². The molecule has 1 aromatic carbocycles. The predicted molar refractivity (Wildman–Crippen MR) is 274 cm³/mol. The van der Waals surface area contributed by atoms with Crippen molar-refractivity contribution in [3.05, 3.63) is 20.4 Å². The number of hydrogen-bond donors (Lipinski definition) is 2. The summed E-state index contributed by atoms with van der Waals surface area (Å²) in [6.07, 6.45) is 42.6. The van der Waals surface area contributed by atoms with E-state index in [1.165, 1.54) is 122 Å². The van der Waals surface area contributed by atoms with Crippen molar-refractivity contribution in [2.75, 3.05) is 50.5 Å². The van der Waals surface area contributed by atoms with Crippen molar-refractivity contribution >= 4 is 23.3 Å². The zero-order valence-electron chi connectivity index (χ0n) is 42.7. The largest absolute Gasteiger partial charge is 0.466 e. The van der Waals surface area contributed by atoms with Gasteiger partial charge in [-0.1, -0.05) is 182 Å². The fraction of sp³-hybridized carbons (Fsp3) is 0.891. The lowest BCUT2D eigenvalue weighted by Crippen LogP contribution is -2.37. The molecule has 0 aliphatic carbocycles. The van der Waals surface area contributed by atoms with Gasteiger partial charge in [-0.25, -0.2) is 0 Å². The highest BCUT2D eigenvalue weighted by molar-refractivity contribution is 5.73. The molecule has 0 heterocycles. The first-order chi connectivity index (χ1) is 31.3. The number of esters is 2. The highest BCUT2D eigenvalue weighted by Gasteiger charge is 2.19. The van der Waals surface area contributed by atoms with Crippen molar-refractivity contribution in [1.29, 1.82) is 0 Å². The van der Waals surface area contributed by atoms with Crippen LogP contribution < -0.4 is 21.5 Å². The molecule has 0 aromatic heterocycles. The molecule has 0 saturated heterocycles. The third kappa shape index (κ3) is 32.3. The Morgan fingerprint density at radius 2 is 0.875 bits per heavy atom. The Kier molecular flexibility index (Phi) is 40.2. The van der Waals surface area contributed by atoms with Crippen molar-refractivity contribution in [1.82, 2.24) is 4.90 Å². The van der Waals surface area contributed by atoms with Crippen LogP contribution >= 0.6 is 0 Å². The molecular formula is C55H103N3O6. The van der Waals surface area contributed by atoms with E-state index < -0.39 is 10.9 Å². The summed E-state index contributed by atoms with van der Waals surface area (Å²) in [6.45, 7) is 13.3. The first-order valence-corrected chi connectivity index (χ1v) is 27.6. The van der Waals surface area contributed by atoms with E-state index in [1.807, 2.05) is 0 Å². The van der Waals surface area contributed by atoms with Gasteiger partial charge in [-0.2, -0.15) is 0 Å². The summed E-state index contributed by atoms with van der Waals surface area (Å²) in [5.41, 5.74) is -0.0548. The van der Waals surface area contributed by atoms with E-state index in [-0.39, 0.29) is 18.0 Å². The van der Waals surface area contributed by atoms with Gasteiger partial charge in [0, 0.05) is 26.4 Å². The average Bonchev–Trinajstić information content (AvgIpc) is 3.29. The minimum atomic E-state index is -0.439. The SMILES string of the molecule is CCCCCCCCC(CCCCCCCC)OC(=O)CCCCCCCN(CCCCCCCC(=O)OCCCC(CCCCC)CCCCC)CCCNc1c(NC)c(=O)c1=O. The molecule has 0 atom stereocenters. The topological polar surface area (TPSA) is 114 Å².